The van der Waals surface area contributed by atoms with Gasteiger partial charge in [-0.1, -0.05) is 6.07 Å². The molecule has 27 heavy (non-hydrogen) atoms. The molecule has 1 aromatic rings. The summed E-state index contributed by atoms with van der Waals surface area (Å²) < 4.78 is 43.3. The number of halogens is 3. The minimum absolute atomic E-state index is 0.181. The number of ether oxygens (including phenoxy) is 2. The van der Waals surface area contributed by atoms with Gasteiger partial charge in [0.1, 0.15) is 0 Å². The van der Waals surface area contributed by atoms with Crippen LogP contribution < -0.4 is 0 Å². The van der Waals surface area contributed by atoms with Gasteiger partial charge in [-0.25, -0.2) is 4.79 Å². The van der Waals surface area contributed by atoms with Crippen molar-refractivity contribution in [3.8, 4) is 0 Å². The van der Waals surface area contributed by atoms with Crippen LogP contribution >= 0.6 is 0 Å². The second kappa shape index (κ2) is 9.48. The number of carbonyl (C=O) groups is 1. The van der Waals surface area contributed by atoms with Gasteiger partial charge < -0.3 is 14.6 Å². The average molecular weight is 390 g/mol. The summed E-state index contributed by atoms with van der Waals surface area (Å²) in [5.41, 5.74) is 1.33. The van der Waals surface area contributed by atoms with Gasteiger partial charge in [0, 0.05) is 45.0 Å². The fourth-order valence-electron chi connectivity index (χ4n) is 3.74. The van der Waals surface area contributed by atoms with Gasteiger partial charge in [0.25, 0.3) is 0 Å². The van der Waals surface area contributed by atoms with Crippen LogP contribution in [0.3, 0.4) is 0 Å². The Morgan fingerprint density at radius 1 is 1.48 bits per heavy atom. The zero-order valence-corrected chi connectivity index (χ0v) is 15.2. The van der Waals surface area contributed by atoms with Gasteiger partial charge in [-0.05, 0) is 31.4 Å². The predicted octanol–water partition coefficient (Wildman–Crippen LogP) is 2.73. The zero-order valence-electron chi connectivity index (χ0n) is 15.2. The number of aliphatic carboxylic acids is 1. The maximum absolute atomic E-state index is 10.6. The van der Waals surface area contributed by atoms with Crippen molar-refractivity contribution in [3.63, 3.8) is 0 Å². The van der Waals surface area contributed by atoms with Crippen LogP contribution in [0.2, 0.25) is 0 Å². The predicted molar refractivity (Wildman–Crippen MR) is 91.1 cm³/mol. The summed E-state index contributed by atoms with van der Waals surface area (Å²) in [5, 5.41) is 7.12. The van der Waals surface area contributed by atoms with Gasteiger partial charge in [0.05, 0.1) is 18.4 Å². The van der Waals surface area contributed by atoms with Crippen LogP contribution in [0.1, 0.15) is 25.0 Å². The van der Waals surface area contributed by atoms with E-state index in [4.69, 9.17) is 19.4 Å². The summed E-state index contributed by atoms with van der Waals surface area (Å²) in [6.07, 6.45) is 0.630. The Hall–Kier alpha value is -1.71. The molecule has 0 amide bonds. The molecule has 1 aromatic heterocycles. The highest BCUT2D eigenvalue weighted by molar-refractivity contribution is 5.73. The maximum atomic E-state index is 10.6. The first-order valence-electron chi connectivity index (χ1n) is 8.80. The van der Waals surface area contributed by atoms with Gasteiger partial charge in [-0.3, -0.25) is 9.88 Å². The largest absolute Gasteiger partial charge is 0.490 e. The van der Waals surface area contributed by atoms with Gasteiger partial charge >= 0.3 is 12.1 Å². The fraction of sp³-hybridized carbons (Fsp3) is 0.667. The van der Waals surface area contributed by atoms with E-state index < -0.39 is 12.1 Å². The van der Waals surface area contributed by atoms with Gasteiger partial charge in [-0.15, -0.1) is 0 Å². The van der Waals surface area contributed by atoms with E-state index in [2.05, 4.69) is 22.0 Å². The summed E-state index contributed by atoms with van der Waals surface area (Å²) in [6.45, 7) is 4.79. The standard InChI is InChI=1S/C16H24N2O2.C2HF3O2/c1-19-13-16-7-4-10-20-15(16)6-9-18(12-16)11-14-5-2-3-8-17-14;3-2(4,5)1(6)7/h2-3,5,8,15H,4,6-7,9-13H2,1H3;(H,6,7). The second-order valence-electron chi connectivity index (χ2n) is 6.88. The van der Waals surface area contributed by atoms with Crippen molar-refractivity contribution in [2.75, 3.05) is 33.4 Å². The first-order valence-corrected chi connectivity index (χ1v) is 8.80. The number of alkyl halides is 3. The highest BCUT2D eigenvalue weighted by atomic mass is 19.4. The minimum atomic E-state index is -5.08. The first kappa shape index (κ1) is 21.6. The molecule has 3 heterocycles. The molecule has 2 aliphatic heterocycles. The number of rotatable bonds is 4. The number of carboxylic acid groups (broad SMARTS) is 1. The molecule has 0 saturated carbocycles. The van der Waals surface area contributed by atoms with Crippen LogP contribution in [0.25, 0.3) is 0 Å². The van der Waals surface area contributed by atoms with E-state index in [0.717, 1.165) is 51.4 Å². The normalized spacial score (nSPS) is 25.9. The Labute approximate surface area is 156 Å². The summed E-state index contributed by atoms with van der Waals surface area (Å²) >= 11 is 0. The number of methoxy groups -OCH3 is 1. The molecule has 6 nitrogen and oxygen atoms in total. The summed E-state index contributed by atoms with van der Waals surface area (Å²) in [4.78, 5) is 15.8. The molecule has 2 atom stereocenters. The summed E-state index contributed by atoms with van der Waals surface area (Å²) in [6, 6.07) is 6.13. The van der Waals surface area contributed by atoms with Crippen molar-refractivity contribution in [1.82, 2.24) is 9.88 Å². The van der Waals surface area contributed by atoms with Crippen molar-refractivity contribution in [2.45, 2.75) is 38.1 Å². The number of likely N-dealkylation sites (tertiary alicyclic amines) is 1. The molecule has 2 fully saturated rings. The molecule has 2 saturated heterocycles. The van der Waals surface area contributed by atoms with E-state index in [1.165, 1.54) is 6.42 Å². The quantitative estimate of drug-likeness (QED) is 0.853. The lowest BCUT2D eigenvalue weighted by atomic mass is 9.73. The Balaban J connectivity index is 0.000000321. The van der Waals surface area contributed by atoms with Crippen molar-refractivity contribution in [1.29, 1.82) is 0 Å². The zero-order chi connectivity index (χ0) is 19.9. The van der Waals surface area contributed by atoms with Crippen LogP contribution in [0, 0.1) is 5.41 Å². The molecule has 2 aliphatic rings. The number of aromatic nitrogens is 1. The van der Waals surface area contributed by atoms with Crippen molar-refractivity contribution >= 4 is 5.97 Å². The monoisotopic (exact) mass is 390 g/mol. The van der Waals surface area contributed by atoms with Crippen LogP contribution in [0.15, 0.2) is 24.4 Å². The summed E-state index contributed by atoms with van der Waals surface area (Å²) in [7, 11) is 1.80. The molecule has 0 aromatic carbocycles. The number of nitrogens with zero attached hydrogens (tertiary/aromatic N) is 2. The number of piperidine rings is 1. The molecule has 0 spiro atoms. The van der Waals surface area contributed by atoms with Crippen molar-refractivity contribution in [3.05, 3.63) is 30.1 Å². The molecule has 0 radical (unpaired) electrons. The molecular formula is C18H25F3N2O4. The molecular weight excluding hydrogens is 365 g/mol. The van der Waals surface area contributed by atoms with Crippen LogP contribution in [0.5, 0.6) is 0 Å². The Kier molecular flexibility index (Phi) is 7.58. The summed E-state index contributed by atoms with van der Waals surface area (Å²) in [5.74, 6) is -2.76. The van der Waals surface area contributed by atoms with Gasteiger partial charge in [0.15, 0.2) is 0 Å². The Morgan fingerprint density at radius 3 is 2.81 bits per heavy atom. The van der Waals surface area contributed by atoms with Crippen LogP contribution in [-0.2, 0) is 20.8 Å². The number of hydrogen-bond acceptors (Lipinski definition) is 5. The first-order chi connectivity index (χ1) is 12.8. The van der Waals surface area contributed by atoms with E-state index in [1.54, 1.807) is 7.11 Å². The number of carboxylic acids is 1. The van der Waals surface area contributed by atoms with E-state index in [0.29, 0.717) is 6.10 Å². The molecule has 1 N–H and O–H groups in total. The molecule has 9 heteroatoms. The fourth-order valence-corrected chi connectivity index (χ4v) is 3.74. The van der Waals surface area contributed by atoms with Crippen molar-refractivity contribution in [2.24, 2.45) is 5.41 Å². The number of hydrogen-bond donors (Lipinski definition) is 1. The highest BCUT2D eigenvalue weighted by Gasteiger charge is 2.45. The third kappa shape index (κ3) is 6.15. The lowest BCUT2D eigenvalue weighted by Gasteiger charge is -2.50. The SMILES string of the molecule is COCC12CCCOC1CCN(Cc1ccccn1)C2.O=C(O)C(F)(F)F. The highest BCUT2D eigenvalue weighted by Crippen LogP contribution is 2.40. The van der Waals surface area contributed by atoms with Gasteiger partial charge in [-0.2, -0.15) is 13.2 Å². The molecule has 152 valence electrons. The van der Waals surface area contributed by atoms with Crippen LogP contribution in [-0.4, -0.2) is 66.7 Å². The molecule has 0 aliphatic carbocycles. The third-order valence-electron chi connectivity index (χ3n) is 4.85. The van der Waals surface area contributed by atoms with E-state index in [1.807, 2.05) is 12.3 Å². The Bertz CT molecular complexity index is 596. The number of fused-ring (bicyclic) bond motifs is 1. The van der Waals surface area contributed by atoms with Gasteiger partial charge in [0.2, 0.25) is 0 Å². The lowest BCUT2D eigenvalue weighted by molar-refractivity contribution is -0.192. The topological polar surface area (TPSA) is 71.9 Å². The average Bonchev–Trinajstić information content (AvgIpc) is 2.62. The second-order valence-corrected chi connectivity index (χ2v) is 6.88. The van der Waals surface area contributed by atoms with E-state index in [9.17, 15) is 13.2 Å². The van der Waals surface area contributed by atoms with E-state index in [-0.39, 0.29) is 5.41 Å². The Morgan fingerprint density at radius 2 is 2.22 bits per heavy atom. The van der Waals surface area contributed by atoms with Crippen LogP contribution in [0.4, 0.5) is 13.2 Å². The smallest absolute Gasteiger partial charge is 0.475 e. The maximum Gasteiger partial charge on any atom is 0.490 e. The molecule has 3 rings (SSSR count). The van der Waals surface area contributed by atoms with E-state index >= 15 is 0 Å². The molecule has 2 unspecified atom stereocenters. The third-order valence-corrected chi connectivity index (χ3v) is 4.85. The minimum Gasteiger partial charge on any atom is -0.475 e. The number of pyridine rings is 1. The molecule has 0 bridgehead atoms. The lowest BCUT2D eigenvalue weighted by Crippen LogP contribution is -2.56. The van der Waals surface area contributed by atoms with Crippen molar-refractivity contribution < 1.29 is 32.5 Å².